The van der Waals surface area contributed by atoms with Gasteiger partial charge in [0.05, 0.1) is 11.3 Å². The van der Waals surface area contributed by atoms with Crippen molar-refractivity contribution in [2.75, 3.05) is 49.2 Å². The molecule has 2 aliphatic rings. The first-order valence-electron chi connectivity index (χ1n) is 11.9. The Morgan fingerprint density at radius 1 is 0.921 bits per heavy atom. The summed E-state index contributed by atoms with van der Waals surface area (Å²) in [6.07, 6.45) is -10.3. The topological polar surface area (TPSA) is 90.4 Å². The molecule has 2 amide bonds. The van der Waals surface area contributed by atoms with Gasteiger partial charge in [-0.2, -0.15) is 26.3 Å². The van der Waals surface area contributed by atoms with Gasteiger partial charge in [-0.1, -0.05) is 20.8 Å². The quantitative estimate of drug-likeness (QED) is 0.568. The number of piperazine rings is 1. The highest BCUT2D eigenvalue weighted by atomic mass is 19.4. The molecule has 3 rings (SSSR count). The highest BCUT2D eigenvalue weighted by Crippen LogP contribution is 2.45. The number of carboxylic acids is 1. The third-order valence-electron chi connectivity index (χ3n) is 6.54. The molecule has 0 radical (unpaired) electrons. The Morgan fingerprint density at radius 3 is 1.92 bits per heavy atom. The van der Waals surface area contributed by atoms with Crippen molar-refractivity contribution in [3.8, 4) is 0 Å². The Labute approximate surface area is 215 Å². The van der Waals surface area contributed by atoms with Gasteiger partial charge >= 0.3 is 30.1 Å². The molecule has 1 aromatic rings. The number of nitrogens with zero attached hydrogens (tertiary/aromatic N) is 3. The van der Waals surface area contributed by atoms with Gasteiger partial charge in [-0.05, 0) is 30.4 Å². The molecule has 38 heavy (non-hydrogen) atoms. The second-order valence-corrected chi connectivity index (χ2v) is 10.2. The number of carbonyl (C=O) groups excluding carboxylic acids is 2. The van der Waals surface area contributed by atoms with Crippen LogP contribution < -0.4 is 9.80 Å². The summed E-state index contributed by atoms with van der Waals surface area (Å²) in [6.45, 7) is 4.32. The molecule has 212 valence electrons. The lowest BCUT2D eigenvalue weighted by molar-refractivity contribution is -0.185. The van der Waals surface area contributed by atoms with Crippen LogP contribution in [0.5, 0.6) is 0 Å². The van der Waals surface area contributed by atoms with E-state index in [-0.39, 0.29) is 63.5 Å². The van der Waals surface area contributed by atoms with Crippen LogP contribution in [0.2, 0.25) is 0 Å². The Morgan fingerprint density at radius 2 is 1.47 bits per heavy atom. The molecule has 0 unspecified atom stereocenters. The molecular weight excluding hydrogens is 524 g/mol. The molecule has 8 nitrogen and oxygen atoms in total. The number of hydrogen-bond acceptors (Lipinski definition) is 5. The lowest BCUT2D eigenvalue weighted by atomic mass is 9.81. The van der Waals surface area contributed by atoms with Crippen LogP contribution in [0.3, 0.4) is 0 Å². The largest absolute Gasteiger partial charge is 0.478 e. The molecule has 0 aliphatic carbocycles. The van der Waals surface area contributed by atoms with E-state index in [0.717, 1.165) is 6.07 Å². The van der Waals surface area contributed by atoms with Crippen molar-refractivity contribution in [3.05, 3.63) is 23.3 Å². The van der Waals surface area contributed by atoms with Crippen molar-refractivity contribution in [1.82, 2.24) is 4.90 Å². The minimum atomic E-state index is -5.30. The standard InChI is InChI=1S/C24H29F6N3O5/c1-22(2,3)17-16(31-8-10-32(11-9-31)20(36)23(25,26)27)5-4-15(19(34)35)18(17)33(21(37)24(28,29)30)14-6-12-38-13-7-14/h4-5,14H,6-13H2,1-3H3,(H,34,35). The molecule has 0 atom stereocenters. The second-order valence-electron chi connectivity index (χ2n) is 10.2. The van der Waals surface area contributed by atoms with Crippen molar-refractivity contribution in [2.24, 2.45) is 0 Å². The van der Waals surface area contributed by atoms with Crippen LogP contribution in [0.25, 0.3) is 0 Å². The number of alkyl halides is 6. The SMILES string of the molecule is CC(C)(C)c1c(N2CCN(C(=O)C(F)(F)F)CC2)ccc(C(=O)O)c1N(C(=O)C(F)(F)F)C1CCOCC1. The average Bonchev–Trinajstić information content (AvgIpc) is 2.82. The van der Waals surface area contributed by atoms with Crippen LogP contribution in [0.1, 0.15) is 49.5 Å². The van der Waals surface area contributed by atoms with E-state index in [9.17, 15) is 45.8 Å². The number of carbonyl (C=O) groups is 3. The molecule has 2 heterocycles. The molecule has 1 aromatic carbocycles. The molecule has 1 N–H and O–H groups in total. The number of carboxylic acid groups (broad SMARTS) is 1. The average molecular weight is 554 g/mol. The minimum absolute atomic E-state index is 0.0485. The van der Waals surface area contributed by atoms with E-state index in [1.54, 1.807) is 25.7 Å². The number of aromatic carboxylic acids is 1. The molecular formula is C24H29F6N3O5. The lowest BCUT2D eigenvalue weighted by Gasteiger charge is -2.42. The number of rotatable bonds is 4. The molecule has 2 saturated heterocycles. The van der Waals surface area contributed by atoms with Crippen LogP contribution in [0.4, 0.5) is 37.7 Å². The summed E-state index contributed by atoms with van der Waals surface area (Å²) < 4.78 is 85.5. The Kier molecular flexibility index (Phi) is 8.25. The summed E-state index contributed by atoms with van der Waals surface area (Å²) in [7, 11) is 0. The molecule has 2 fully saturated rings. The van der Waals surface area contributed by atoms with E-state index < -0.39 is 52.8 Å². The van der Waals surface area contributed by atoms with Gasteiger partial charge in [-0.25, -0.2) is 4.79 Å². The number of ether oxygens (including phenoxy) is 1. The zero-order valence-electron chi connectivity index (χ0n) is 21.1. The van der Waals surface area contributed by atoms with Gasteiger partial charge in [0.1, 0.15) is 0 Å². The monoisotopic (exact) mass is 553 g/mol. The predicted molar refractivity (Wildman–Crippen MR) is 124 cm³/mol. The van der Waals surface area contributed by atoms with Crippen molar-refractivity contribution >= 4 is 29.2 Å². The normalized spacial score (nSPS) is 17.9. The van der Waals surface area contributed by atoms with Gasteiger partial charge in [0.25, 0.3) is 0 Å². The number of anilines is 2. The first kappa shape index (κ1) is 29.5. The van der Waals surface area contributed by atoms with Gasteiger partial charge in [0.15, 0.2) is 0 Å². The molecule has 2 aliphatic heterocycles. The van der Waals surface area contributed by atoms with Gasteiger partial charge in [-0.3, -0.25) is 9.59 Å². The van der Waals surface area contributed by atoms with E-state index in [2.05, 4.69) is 0 Å². The summed E-state index contributed by atoms with van der Waals surface area (Å²) in [5.74, 6) is -5.74. The number of halogens is 6. The van der Waals surface area contributed by atoms with E-state index in [1.807, 2.05) is 0 Å². The van der Waals surface area contributed by atoms with E-state index in [0.29, 0.717) is 9.80 Å². The van der Waals surface area contributed by atoms with Crippen LogP contribution in [-0.4, -0.2) is 85.6 Å². The maximum absolute atomic E-state index is 13.9. The maximum Gasteiger partial charge on any atom is 0.471 e. The highest BCUT2D eigenvalue weighted by Gasteiger charge is 2.48. The van der Waals surface area contributed by atoms with Crippen molar-refractivity contribution < 1.29 is 50.6 Å². The van der Waals surface area contributed by atoms with Crippen LogP contribution in [-0.2, 0) is 19.7 Å². The van der Waals surface area contributed by atoms with E-state index in [1.165, 1.54) is 6.07 Å². The van der Waals surface area contributed by atoms with Crippen LogP contribution in [0.15, 0.2) is 12.1 Å². The number of amides is 2. The summed E-state index contributed by atoms with van der Waals surface area (Å²) in [5.41, 5.74) is -1.48. The summed E-state index contributed by atoms with van der Waals surface area (Å²) >= 11 is 0. The van der Waals surface area contributed by atoms with Crippen molar-refractivity contribution in [1.29, 1.82) is 0 Å². The minimum Gasteiger partial charge on any atom is -0.478 e. The fourth-order valence-electron chi connectivity index (χ4n) is 4.87. The Bertz CT molecular complexity index is 1070. The first-order valence-corrected chi connectivity index (χ1v) is 11.9. The van der Waals surface area contributed by atoms with Gasteiger partial charge < -0.3 is 24.5 Å². The molecule has 0 spiro atoms. The van der Waals surface area contributed by atoms with E-state index in [4.69, 9.17) is 4.74 Å². The summed E-state index contributed by atoms with van der Waals surface area (Å²) in [4.78, 5) is 39.5. The molecule has 14 heteroatoms. The summed E-state index contributed by atoms with van der Waals surface area (Å²) in [6, 6.07) is 1.49. The number of benzene rings is 1. The predicted octanol–water partition coefficient (Wildman–Crippen LogP) is 3.97. The smallest absolute Gasteiger partial charge is 0.471 e. The third-order valence-corrected chi connectivity index (χ3v) is 6.54. The maximum atomic E-state index is 13.9. The Balaban J connectivity index is 2.18. The third kappa shape index (κ3) is 6.16. The molecule has 0 saturated carbocycles. The van der Waals surface area contributed by atoms with Crippen LogP contribution in [0, 0.1) is 0 Å². The molecule has 0 bridgehead atoms. The fourth-order valence-corrected chi connectivity index (χ4v) is 4.87. The highest BCUT2D eigenvalue weighted by molar-refractivity contribution is 6.06. The van der Waals surface area contributed by atoms with Crippen molar-refractivity contribution in [3.63, 3.8) is 0 Å². The fraction of sp³-hybridized carbons (Fsp3) is 0.625. The van der Waals surface area contributed by atoms with Gasteiger partial charge in [0, 0.05) is 56.7 Å². The first-order chi connectivity index (χ1) is 17.4. The Hall–Kier alpha value is -3.03. The zero-order chi connectivity index (χ0) is 28.6. The van der Waals surface area contributed by atoms with E-state index >= 15 is 0 Å². The lowest BCUT2D eigenvalue weighted by Crippen LogP contribution is -2.53. The molecule has 0 aromatic heterocycles. The number of hydrogen-bond donors (Lipinski definition) is 1. The van der Waals surface area contributed by atoms with Gasteiger partial charge in [0.2, 0.25) is 0 Å². The van der Waals surface area contributed by atoms with Gasteiger partial charge in [-0.15, -0.1) is 0 Å². The van der Waals surface area contributed by atoms with Crippen molar-refractivity contribution in [2.45, 2.75) is 57.4 Å². The zero-order valence-corrected chi connectivity index (χ0v) is 21.1. The second kappa shape index (κ2) is 10.6. The van der Waals surface area contributed by atoms with Crippen LogP contribution >= 0.6 is 0 Å². The summed E-state index contributed by atoms with van der Waals surface area (Å²) in [5, 5.41) is 9.95.